The maximum Gasteiger partial charge on any atom is 0.573 e. The lowest BCUT2D eigenvalue weighted by molar-refractivity contribution is -0.276. The van der Waals surface area contributed by atoms with Crippen molar-refractivity contribution in [1.82, 2.24) is 0 Å². The van der Waals surface area contributed by atoms with Crippen molar-refractivity contribution in [3.63, 3.8) is 0 Å². The molecular weight excluding hydrogens is 263 g/mol. The minimum Gasteiger partial charge on any atom is -0.490 e. The molecule has 0 heterocycles. The molecule has 0 aromatic heterocycles. The summed E-state index contributed by atoms with van der Waals surface area (Å²) in [7, 11) is 0. The fourth-order valence-electron chi connectivity index (χ4n) is 1.17. The van der Waals surface area contributed by atoms with Gasteiger partial charge < -0.3 is 14.2 Å². The van der Waals surface area contributed by atoms with Crippen LogP contribution in [0.3, 0.4) is 0 Å². The van der Waals surface area contributed by atoms with Gasteiger partial charge in [-0.3, -0.25) is 0 Å². The van der Waals surface area contributed by atoms with Crippen molar-refractivity contribution in [2.45, 2.75) is 19.9 Å². The van der Waals surface area contributed by atoms with Crippen molar-refractivity contribution in [2.24, 2.45) is 0 Å². The fraction of sp³-hybridized carbons (Fsp3) is 0.400. The molecule has 0 radical (unpaired) electrons. The molecule has 1 rings (SSSR count). The first-order chi connectivity index (χ1) is 8.33. The third-order valence-corrected chi connectivity index (χ3v) is 1.68. The van der Waals surface area contributed by atoms with Crippen molar-refractivity contribution in [3.8, 4) is 17.2 Å². The fourth-order valence-corrected chi connectivity index (χ4v) is 1.17. The number of hydrogen-bond acceptors (Lipinski definition) is 3. The molecule has 0 bridgehead atoms. The molecule has 0 atom stereocenters. The number of ether oxygens (including phenoxy) is 3. The summed E-state index contributed by atoms with van der Waals surface area (Å²) in [5, 5.41) is 0. The van der Waals surface area contributed by atoms with E-state index in [2.05, 4.69) is 9.47 Å². The van der Waals surface area contributed by atoms with Crippen LogP contribution in [0.15, 0.2) is 18.2 Å². The number of halogens is 5. The number of alkyl halides is 5. The molecule has 0 fully saturated rings. The highest BCUT2D eigenvalue weighted by Crippen LogP contribution is 2.41. The van der Waals surface area contributed by atoms with Crippen LogP contribution in [0.2, 0.25) is 0 Å². The first-order valence-electron chi connectivity index (χ1n) is 4.80. The second kappa shape index (κ2) is 5.74. The number of hydrogen-bond donors (Lipinski definition) is 0. The van der Waals surface area contributed by atoms with Gasteiger partial charge in [0.05, 0.1) is 6.61 Å². The monoisotopic (exact) mass is 272 g/mol. The smallest absolute Gasteiger partial charge is 0.490 e. The molecule has 0 N–H and O–H groups in total. The highest BCUT2D eigenvalue weighted by molar-refractivity contribution is 5.51. The van der Waals surface area contributed by atoms with E-state index in [1.54, 1.807) is 0 Å². The summed E-state index contributed by atoms with van der Waals surface area (Å²) in [4.78, 5) is 0. The van der Waals surface area contributed by atoms with E-state index in [0.717, 1.165) is 12.1 Å². The normalized spacial score (nSPS) is 11.5. The van der Waals surface area contributed by atoms with Gasteiger partial charge in [0.1, 0.15) is 0 Å². The Morgan fingerprint density at radius 3 is 2.28 bits per heavy atom. The number of benzene rings is 1. The van der Waals surface area contributed by atoms with Gasteiger partial charge in [0.25, 0.3) is 0 Å². The van der Waals surface area contributed by atoms with Crippen LogP contribution < -0.4 is 14.2 Å². The molecule has 3 nitrogen and oxygen atoms in total. The van der Waals surface area contributed by atoms with Gasteiger partial charge in [-0.1, -0.05) is 6.07 Å². The summed E-state index contributed by atoms with van der Waals surface area (Å²) in [5.41, 5.74) is 0. The Kier molecular flexibility index (Phi) is 4.57. The standard InChI is InChI=1S/C10H9F5O3/c1-2-16-6-4-3-5-7(17-9(11)12)8(6)18-10(13,14)15/h3-5,9H,2H2,1H3. The molecule has 0 unspecified atom stereocenters. The van der Waals surface area contributed by atoms with E-state index in [1.165, 1.54) is 13.0 Å². The Bertz CT molecular complexity index is 392. The van der Waals surface area contributed by atoms with Crippen molar-refractivity contribution in [3.05, 3.63) is 18.2 Å². The van der Waals surface area contributed by atoms with Crippen LogP contribution in [0.1, 0.15) is 6.92 Å². The zero-order valence-corrected chi connectivity index (χ0v) is 9.13. The Labute approximate surface area is 99.1 Å². The molecule has 0 aliphatic rings. The molecular formula is C10H9F5O3. The number of para-hydroxylation sites is 1. The Balaban J connectivity index is 3.12. The molecule has 18 heavy (non-hydrogen) atoms. The van der Waals surface area contributed by atoms with E-state index < -0.39 is 24.5 Å². The third kappa shape index (κ3) is 4.27. The van der Waals surface area contributed by atoms with Gasteiger partial charge in [-0.25, -0.2) is 0 Å². The van der Waals surface area contributed by atoms with Gasteiger partial charge in [0, 0.05) is 0 Å². The average Bonchev–Trinajstić information content (AvgIpc) is 2.20. The van der Waals surface area contributed by atoms with Gasteiger partial charge in [0.2, 0.25) is 5.75 Å². The van der Waals surface area contributed by atoms with E-state index in [0.29, 0.717) is 0 Å². The van der Waals surface area contributed by atoms with Crippen LogP contribution in [0.25, 0.3) is 0 Å². The molecule has 1 aromatic carbocycles. The zero-order valence-electron chi connectivity index (χ0n) is 9.13. The van der Waals surface area contributed by atoms with Crippen LogP contribution in [-0.4, -0.2) is 19.6 Å². The van der Waals surface area contributed by atoms with Crippen LogP contribution >= 0.6 is 0 Å². The molecule has 0 aliphatic carbocycles. The summed E-state index contributed by atoms with van der Waals surface area (Å²) in [6.45, 7) is -1.69. The van der Waals surface area contributed by atoms with Gasteiger partial charge in [-0.15, -0.1) is 13.2 Å². The summed E-state index contributed by atoms with van der Waals surface area (Å²) >= 11 is 0. The summed E-state index contributed by atoms with van der Waals surface area (Å²) in [6.07, 6.45) is -5.03. The highest BCUT2D eigenvalue weighted by Gasteiger charge is 2.34. The van der Waals surface area contributed by atoms with Crippen LogP contribution in [-0.2, 0) is 0 Å². The molecule has 1 aromatic rings. The van der Waals surface area contributed by atoms with E-state index in [1.807, 2.05) is 0 Å². The van der Waals surface area contributed by atoms with Crippen LogP contribution in [0.5, 0.6) is 17.2 Å². The lowest BCUT2D eigenvalue weighted by atomic mass is 10.3. The first-order valence-corrected chi connectivity index (χ1v) is 4.80. The molecule has 0 saturated heterocycles. The summed E-state index contributed by atoms with van der Waals surface area (Å²) < 4.78 is 73.0. The highest BCUT2D eigenvalue weighted by atomic mass is 19.4. The van der Waals surface area contributed by atoms with Crippen LogP contribution in [0.4, 0.5) is 22.0 Å². The van der Waals surface area contributed by atoms with E-state index in [9.17, 15) is 22.0 Å². The maximum atomic E-state index is 12.2. The average molecular weight is 272 g/mol. The van der Waals surface area contributed by atoms with Gasteiger partial charge >= 0.3 is 13.0 Å². The zero-order chi connectivity index (χ0) is 13.8. The van der Waals surface area contributed by atoms with Crippen molar-refractivity contribution in [2.75, 3.05) is 6.61 Å². The first kappa shape index (κ1) is 14.3. The summed E-state index contributed by atoms with van der Waals surface area (Å²) in [6, 6.07) is 3.30. The van der Waals surface area contributed by atoms with Crippen LogP contribution in [0, 0.1) is 0 Å². The van der Waals surface area contributed by atoms with Crippen molar-refractivity contribution >= 4 is 0 Å². The SMILES string of the molecule is CCOc1cccc(OC(F)F)c1OC(F)(F)F. The molecule has 8 heteroatoms. The van der Waals surface area contributed by atoms with Gasteiger partial charge in [0.15, 0.2) is 11.5 Å². The van der Waals surface area contributed by atoms with Crippen molar-refractivity contribution < 1.29 is 36.2 Å². The second-order valence-electron chi connectivity index (χ2n) is 2.94. The molecule has 0 amide bonds. The number of rotatable bonds is 5. The quantitative estimate of drug-likeness (QED) is 0.767. The maximum absolute atomic E-state index is 12.2. The van der Waals surface area contributed by atoms with Gasteiger partial charge in [-0.2, -0.15) is 8.78 Å². The van der Waals surface area contributed by atoms with E-state index in [-0.39, 0.29) is 12.4 Å². The Morgan fingerprint density at radius 1 is 1.17 bits per heavy atom. The predicted octanol–water partition coefficient (Wildman–Crippen LogP) is 3.59. The Hall–Kier alpha value is -1.73. The second-order valence-corrected chi connectivity index (χ2v) is 2.94. The van der Waals surface area contributed by atoms with E-state index in [4.69, 9.17) is 4.74 Å². The molecule has 0 saturated carbocycles. The van der Waals surface area contributed by atoms with E-state index >= 15 is 0 Å². The lowest BCUT2D eigenvalue weighted by Gasteiger charge is -2.16. The minimum atomic E-state index is -5.03. The largest absolute Gasteiger partial charge is 0.573 e. The molecule has 0 spiro atoms. The van der Waals surface area contributed by atoms with Crippen molar-refractivity contribution in [1.29, 1.82) is 0 Å². The molecule has 0 aliphatic heterocycles. The minimum absolute atomic E-state index is 0.0480. The predicted molar refractivity (Wildman–Crippen MR) is 50.9 cm³/mol. The van der Waals surface area contributed by atoms with Gasteiger partial charge in [-0.05, 0) is 19.1 Å². The molecule has 102 valence electrons. The topological polar surface area (TPSA) is 27.7 Å². The summed E-state index contributed by atoms with van der Waals surface area (Å²) in [5.74, 6) is -1.99. The Morgan fingerprint density at radius 2 is 1.78 bits per heavy atom. The lowest BCUT2D eigenvalue weighted by Crippen LogP contribution is -2.19. The third-order valence-electron chi connectivity index (χ3n) is 1.68.